The van der Waals surface area contributed by atoms with Crippen LogP contribution in [0.4, 0.5) is 0 Å². The molecule has 3 rings (SSSR count). The maximum Gasteiger partial charge on any atom is 0.191 e. The molecule has 1 atom stereocenters. The lowest BCUT2D eigenvalue weighted by atomic mass is 9.93. The van der Waals surface area contributed by atoms with Gasteiger partial charge in [-0.25, -0.2) is 8.42 Å². The van der Waals surface area contributed by atoms with Gasteiger partial charge in [0.25, 0.3) is 0 Å². The summed E-state index contributed by atoms with van der Waals surface area (Å²) in [7, 11) is -3.15. The first-order valence-electron chi connectivity index (χ1n) is 10.00. The van der Waals surface area contributed by atoms with E-state index in [9.17, 15) is 8.42 Å². The number of hydrogen-bond acceptors (Lipinski definition) is 4. The standard InChI is InChI=1S/C22H29N3O3S.HI/c1-3-23-22(24-14-12-17-8-10-19(11-9-17)29(2,26)27)25-16-18-13-15-28-21-7-5-4-6-20(18)21;/h4-11,18H,3,12-16H2,1-2H3,(H2,23,24,25);1H. The van der Waals surface area contributed by atoms with E-state index in [2.05, 4.69) is 16.7 Å². The van der Waals surface area contributed by atoms with Gasteiger partial charge in [0.2, 0.25) is 0 Å². The van der Waals surface area contributed by atoms with Crippen molar-refractivity contribution in [3.05, 3.63) is 59.7 Å². The fourth-order valence-electron chi connectivity index (χ4n) is 3.38. The number of rotatable bonds is 7. The number of para-hydroxylation sites is 1. The number of guanidine groups is 1. The van der Waals surface area contributed by atoms with Crippen LogP contribution in [0.5, 0.6) is 5.75 Å². The molecule has 0 radical (unpaired) electrons. The van der Waals surface area contributed by atoms with Gasteiger partial charge in [0.1, 0.15) is 5.75 Å². The summed E-state index contributed by atoms with van der Waals surface area (Å²) in [6.07, 6.45) is 2.97. The van der Waals surface area contributed by atoms with Crippen molar-refractivity contribution in [1.29, 1.82) is 0 Å². The zero-order valence-electron chi connectivity index (χ0n) is 17.4. The molecule has 2 aromatic rings. The first-order valence-corrected chi connectivity index (χ1v) is 11.9. The summed E-state index contributed by atoms with van der Waals surface area (Å²) in [6.45, 7) is 4.99. The van der Waals surface area contributed by atoms with Crippen molar-refractivity contribution in [2.75, 3.05) is 32.5 Å². The predicted octanol–water partition coefficient (Wildman–Crippen LogP) is 3.37. The van der Waals surface area contributed by atoms with Crippen LogP contribution in [-0.2, 0) is 16.3 Å². The molecule has 0 saturated carbocycles. The molecule has 0 aliphatic carbocycles. The van der Waals surface area contributed by atoms with Crippen LogP contribution in [-0.4, -0.2) is 46.9 Å². The van der Waals surface area contributed by atoms with E-state index in [1.54, 1.807) is 12.1 Å². The largest absolute Gasteiger partial charge is 0.493 e. The minimum atomic E-state index is -3.15. The number of benzene rings is 2. The first kappa shape index (κ1) is 24.5. The van der Waals surface area contributed by atoms with Gasteiger partial charge in [-0.2, -0.15) is 0 Å². The Kier molecular flexibility index (Phi) is 9.41. The summed E-state index contributed by atoms with van der Waals surface area (Å²) in [5.74, 6) is 2.12. The van der Waals surface area contributed by atoms with Crippen molar-refractivity contribution in [1.82, 2.24) is 10.6 Å². The van der Waals surface area contributed by atoms with Gasteiger partial charge in [-0.15, -0.1) is 24.0 Å². The van der Waals surface area contributed by atoms with E-state index in [1.807, 2.05) is 37.3 Å². The third-order valence-corrected chi connectivity index (χ3v) is 6.08. The Morgan fingerprint density at radius 2 is 1.87 bits per heavy atom. The normalized spacial score (nSPS) is 16.1. The van der Waals surface area contributed by atoms with Crippen LogP contribution >= 0.6 is 24.0 Å². The molecule has 1 heterocycles. The fraction of sp³-hybridized carbons (Fsp3) is 0.409. The molecule has 2 N–H and O–H groups in total. The number of nitrogens with zero attached hydrogens (tertiary/aromatic N) is 1. The summed E-state index contributed by atoms with van der Waals surface area (Å²) in [6, 6.07) is 15.2. The number of hydrogen-bond donors (Lipinski definition) is 2. The third kappa shape index (κ3) is 6.87. The lowest BCUT2D eigenvalue weighted by Gasteiger charge is -2.25. The molecule has 1 aliphatic rings. The van der Waals surface area contributed by atoms with Crippen molar-refractivity contribution in [2.45, 2.75) is 30.6 Å². The fourth-order valence-corrected chi connectivity index (χ4v) is 4.01. The van der Waals surface area contributed by atoms with Crippen molar-refractivity contribution >= 4 is 39.8 Å². The molecule has 30 heavy (non-hydrogen) atoms. The van der Waals surface area contributed by atoms with Crippen LogP contribution in [0.1, 0.15) is 30.4 Å². The monoisotopic (exact) mass is 543 g/mol. The molecule has 2 aromatic carbocycles. The van der Waals surface area contributed by atoms with Gasteiger partial charge < -0.3 is 15.4 Å². The van der Waals surface area contributed by atoms with Gasteiger partial charge in [0.05, 0.1) is 11.5 Å². The first-order chi connectivity index (χ1) is 14.0. The Labute approximate surface area is 196 Å². The Hall–Kier alpha value is -1.81. The Balaban J connectivity index is 0.00000320. The number of ether oxygens (including phenoxy) is 1. The Bertz CT molecular complexity index is 946. The van der Waals surface area contributed by atoms with E-state index in [4.69, 9.17) is 9.73 Å². The zero-order valence-corrected chi connectivity index (χ0v) is 20.6. The van der Waals surface area contributed by atoms with Gasteiger partial charge in [-0.3, -0.25) is 4.99 Å². The minimum absolute atomic E-state index is 0. The van der Waals surface area contributed by atoms with E-state index in [1.165, 1.54) is 11.8 Å². The second-order valence-corrected chi connectivity index (χ2v) is 9.20. The maximum absolute atomic E-state index is 11.6. The summed E-state index contributed by atoms with van der Waals surface area (Å²) in [5.41, 5.74) is 2.31. The molecular formula is C22H30IN3O3S. The van der Waals surface area contributed by atoms with Crippen molar-refractivity contribution < 1.29 is 13.2 Å². The average molecular weight is 543 g/mol. The van der Waals surface area contributed by atoms with Crippen LogP contribution in [0.15, 0.2) is 58.4 Å². The number of nitrogens with one attached hydrogen (secondary N) is 2. The van der Waals surface area contributed by atoms with E-state index in [0.29, 0.717) is 23.9 Å². The van der Waals surface area contributed by atoms with Crippen LogP contribution in [0.2, 0.25) is 0 Å². The van der Waals surface area contributed by atoms with Crippen molar-refractivity contribution in [3.8, 4) is 5.75 Å². The Morgan fingerprint density at radius 1 is 1.13 bits per heavy atom. The molecule has 6 nitrogen and oxygen atoms in total. The highest BCUT2D eigenvalue weighted by Crippen LogP contribution is 2.33. The molecule has 1 aliphatic heterocycles. The van der Waals surface area contributed by atoms with Crippen LogP contribution in [0.3, 0.4) is 0 Å². The highest BCUT2D eigenvalue weighted by molar-refractivity contribution is 14.0. The van der Waals surface area contributed by atoms with Crippen molar-refractivity contribution in [2.24, 2.45) is 4.99 Å². The molecule has 0 spiro atoms. The molecule has 0 aromatic heterocycles. The van der Waals surface area contributed by atoms with E-state index in [0.717, 1.165) is 43.3 Å². The number of fused-ring (bicyclic) bond motifs is 1. The molecule has 0 fully saturated rings. The number of sulfone groups is 1. The topological polar surface area (TPSA) is 79.8 Å². The average Bonchev–Trinajstić information content (AvgIpc) is 2.71. The van der Waals surface area contributed by atoms with Crippen LogP contribution in [0.25, 0.3) is 0 Å². The van der Waals surface area contributed by atoms with Crippen LogP contribution in [0, 0.1) is 0 Å². The van der Waals surface area contributed by atoms with Gasteiger partial charge in [0, 0.05) is 31.8 Å². The second kappa shape index (κ2) is 11.5. The molecular weight excluding hydrogens is 513 g/mol. The van der Waals surface area contributed by atoms with Crippen LogP contribution < -0.4 is 15.4 Å². The highest BCUT2D eigenvalue weighted by Gasteiger charge is 2.20. The van der Waals surface area contributed by atoms with Crippen molar-refractivity contribution in [3.63, 3.8) is 0 Å². The lowest BCUT2D eigenvalue weighted by Crippen LogP contribution is -2.38. The summed E-state index contributed by atoms with van der Waals surface area (Å²) in [4.78, 5) is 5.12. The third-order valence-electron chi connectivity index (χ3n) is 4.95. The second-order valence-electron chi connectivity index (χ2n) is 7.18. The summed E-state index contributed by atoms with van der Waals surface area (Å²) >= 11 is 0. The smallest absolute Gasteiger partial charge is 0.191 e. The quantitative estimate of drug-likeness (QED) is 0.318. The van der Waals surface area contributed by atoms with E-state index >= 15 is 0 Å². The highest BCUT2D eigenvalue weighted by atomic mass is 127. The number of halogens is 1. The minimum Gasteiger partial charge on any atom is -0.493 e. The van der Waals surface area contributed by atoms with Gasteiger partial charge in [-0.1, -0.05) is 30.3 Å². The zero-order chi connectivity index (χ0) is 20.7. The van der Waals surface area contributed by atoms with Gasteiger partial charge in [0.15, 0.2) is 15.8 Å². The molecule has 0 bridgehead atoms. The SMILES string of the molecule is CCNC(=NCC1CCOc2ccccc21)NCCc1ccc(S(C)(=O)=O)cc1.I. The molecule has 8 heteroatoms. The number of aliphatic imine (C=N–C) groups is 1. The lowest BCUT2D eigenvalue weighted by molar-refractivity contribution is 0.269. The predicted molar refractivity (Wildman–Crippen MR) is 132 cm³/mol. The maximum atomic E-state index is 11.6. The van der Waals surface area contributed by atoms with E-state index in [-0.39, 0.29) is 24.0 Å². The molecule has 164 valence electrons. The summed E-state index contributed by atoms with van der Waals surface area (Å²) in [5, 5.41) is 6.66. The van der Waals surface area contributed by atoms with E-state index < -0.39 is 9.84 Å². The molecule has 0 saturated heterocycles. The Morgan fingerprint density at radius 3 is 2.57 bits per heavy atom. The van der Waals surface area contributed by atoms with Gasteiger partial charge >= 0.3 is 0 Å². The molecule has 1 unspecified atom stereocenters. The molecule has 0 amide bonds. The van der Waals surface area contributed by atoms with Gasteiger partial charge in [-0.05, 0) is 49.1 Å². The summed E-state index contributed by atoms with van der Waals surface area (Å²) < 4.78 is 28.8.